The number of phenolic OH excluding ortho intramolecular Hbond substituents is 2. The average Bonchev–Trinajstić information content (AvgIpc) is 1.95. The second-order valence-electron chi connectivity index (χ2n) is 1.82. The maximum atomic E-state index is 8.83. The van der Waals surface area contributed by atoms with Gasteiger partial charge < -0.3 is 10.2 Å². The van der Waals surface area contributed by atoms with Crippen LogP contribution in [0, 0.1) is 11.3 Å². The van der Waals surface area contributed by atoms with Crippen LogP contribution in [0.4, 0.5) is 0 Å². The zero-order valence-electron chi connectivity index (χ0n) is 5.48. The van der Waals surface area contributed by atoms with Crippen molar-refractivity contribution in [2.24, 2.45) is 0 Å². The summed E-state index contributed by atoms with van der Waals surface area (Å²) < 4.78 is 0. The molecule has 0 fully saturated rings. The molecular formula is C7H6BrNO2. The van der Waals surface area contributed by atoms with Crippen molar-refractivity contribution in [3.05, 3.63) is 23.8 Å². The first kappa shape index (κ1) is 9.79. The second kappa shape index (κ2) is 3.84. The summed E-state index contributed by atoms with van der Waals surface area (Å²) in [4.78, 5) is 0. The van der Waals surface area contributed by atoms with E-state index in [2.05, 4.69) is 0 Å². The fourth-order valence-electron chi connectivity index (χ4n) is 0.593. The van der Waals surface area contributed by atoms with Crippen LogP contribution < -0.4 is 0 Å². The molecule has 58 valence electrons. The molecule has 0 bridgehead atoms. The highest BCUT2D eigenvalue weighted by Gasteiger charge is 1.97. The van der Waals surface area contributed by atoms with Crippen LogP contribution in [0.2, 0.25) is 0 Å². The van der Waals surface area contributed by atoms with Crippen LogP contribution in [0.1, 0.15) is 5.56 Å². The molecule has 1 rings (SSSR count). The first-order chi connectivity index (χ1) is 4.74. The molecule has 0 aromatic heterocycles. The number of benzene rings is 1. The van der Waals surface area contributed by atoms with E-state index in [1.54, 1.807) is 0 Å². The fourth-order valence-corrected chi connectivity index (χ4v) is 0.593. The zero-order valence-corrected chi connectivity index (χ0v) is 7.20. The third kappa shape index (κ3) is 2.13. The highest BCUT2D eigenvalue weighted by Crippen LogP contribution is 2.24. The van der Waals surface area contributed by atoms with Gasteiger partial charge in [-0.25, -0.2) is 0 Å². The quantitative estimate of drug-likeness (QED) is 0.646. The number of nitriles is 1. The van der Waals surface area contributed by atoms with Gasteiger partial charge in [-0.2, -0.15) is 5.26 Å². The van der Waals surface area contributed by atoms with Crippen LogP contribution in [0.25, 0.3) is 0 Å². The molecule has 3 nitrogen and oxygen atoms in total. The SMILES string of the molecule is Br.N#Cc1ccc(O)c(O)c1. The monoisotopic (exact) mass is 215 g/mol. The highest BCUT2D eigenvalue weighted by atomic mass is 79.9. The Balaban J connectivity index is 0.000001000. The molecule has 0 aliphatic rings. The summed E-state index contributed by atoms with van der Waals surface area (Å²) in [6, 6.07) is 5.72. The van der Waals surface area contributed by atoms with Gasteiger partial charge in [-0.3, -0.25) is 0 Å². The van der Waals surface area contributed by atoms with Crippen LogP contribution in [0.15, 0.2) is 18.2 Å². The van der Waals surface area contributed by atoms with Crippen LogP contribution in [-0.4, -0.2) is 10.2 Å². The lowest BCUT2D eigenvalue weighted by Gasteiger charge is -1.94. The number of nitrogens with zero attached hydrogens (tertiary/aromatic N) is 1. The number of hydrogen-bond donors (Lipinski definition) is 2. The predicted octanol–water partition coefficient (Wildman–Crippen LogP) is 1.55. The molecule has 0 aliphatic carbocycles. The topological polar surface area (TPSA) is 64.2 Å². The fraction of sp³-hybridized carbons (Fsp3) is 0. The maximum Gasteiger partial charge on any atom is 0.158 e. The van der Waals surface area contributed by atoms with E-state index in [4.69, 9.17) is 15.5 Å². The van der Waals surface area contributed by atoms with Crippen LogP contribution in [0.5, 0.6) is 11.5 Å². The number of rotatable bonds is 0. The molecule has 0 spiro atoms. The van der Waals surface area contributed by atoms with E-state index in [9.17, 15) is 0 Å². The Morgan fingerprint density at radius 2 is 1.82 bits per heavy atom. The molecule has 0 saturated carbocycles. The Morgan fingerprint density at radius 1 is 1.18 bits per heavy atom. The van der Waals surface area contributed by atoms with Gasteiger partial charge in [0, 0.05) is 6.07 Å². The second-order valence-corrected chi connectivity index (χ2v) is 1.82. The molecule has 2 N–H and O–H groups in total. The molecule has 1 aromatic carbocycles. The van der Waals surface area contributed by atoms with Gasteiger partial charge in [0.15, 0.2) is 11.5 Å². The van der Waals surface area contributed by atoms with Crippen molar-refractivity contribution in [2.45, 2.75) is 0 Å². The lowest BCUT2D eigenvalue weighted by molar-refractivity contribution is 0.403. The average molecular weight is 216 g/mol. The Labute approximate surface area is 74.3 Å². The summed E-state index contributed by atoms with van der Waals surface area (Å²) >= 11 is 0. The highest BCUT2D eigenvalue weighted by molar-refractivity contribution is 8.93. The smallest absolute Gasteiger partial charge is 0.158 e. The van der Waals surface area contributed by atoms with Crippen molar-refractivity contribution in [3.8, 4) is 17.6 Å². The summed E-state index contributed by atoms with van der Waals surface area (Å²) in [6.07, 6.45) is 0. The van der Waals surface area contributed by atoms with Crippen molar-refractivity contribution in [1.82, 2.24) is 0 Å². The van der Waals surface area contributed by atoms with Gasteiger partial charge in [0.1, 0.15) is 0 Å². The van der Waals surface area contributed by atoms with Crippen molar-refractivity contribution in [3.63, 3.8) is 0 Å². The van der Waals surface area contributed by atoms with Gasteiger partial charge in [-0.05, 0) is 12.1 Å². The van der Waals surface area contributed by atoms with E-state index >= 15 is 0 Å². The molecule has 0 atom stereocenters. The third-order valence-electron chi connectivity index (χ3n) is 1.10. The number of halogens is 1. The normalized spacial score (nSPS) is 7.91. The molecule has 11 heavy (non-hydrogen) atoms. The summed E-state index contributed by atoms with van der Waals surface area (Å²) in [6.45, 7) is 0. The molecule has 0 radical (unpaired) electrons. The van der Waals surface area contributed by atoms with E-state index in [0.717, 1.165) is 0 Å². The summed E-state index contributed by atoms with van der Waals surface area (Å²) in [5.74, 6) is -0.474. The number of aromatic hydroxyl groups is 2. The standard InChI is InChI=1S/C7H5NO2.BrH/c8-4-5-1-2-6(9)7(10)3-5;/h1-3,9-10H;1H. The lowest BCUT2D eigenvalue weighted by Crippen LogP contribution is -1.72. The number of hydrogen-bond acceptors (Lipinski definition) is 3. The molecular weight excluding hydrogens is 210 g/mol. The summed E-state index contributed by atoms with van der Waals surface area (Å²) in [7, 11) is 0. The lowest BCUT2D eigenvalue weighted by atomic mass is 10.2. The predicted molar refractivity (Wildman–Crippen MR) is 44.8 cm³/mol. The van der Waals surface area contributed by atoms with Crippen molar-refractivity contribution in [1.29, 1.82) is 5.26 Å². The van der Waals surface area contributed by atoms with Crippen molar-refractivity contribution >= 4 is 17.0 Å². The number of phenols is 2. The van der Waals surface area contributed by atoms with Crippen molar-refractivity contribution < 1.29 is 10.2 Å². The van der Waals surface area contributed by atoms with E-state index in [-0.39, 0.29) is 28.5 Å². The minimum Gasteiger partial charge on any atom is -0.504 e. The Hall–Kier alpha value is -1.21. The largest absolute Gasteiger partial charge is 0.504 e. The molecule has 1 aromatic rings. The summed E-state index contributed by atoms with van der Waals surface area (Å²) in [5, 5.41) is 25.9. The van der Waals surface area contributed by atoms with Gasteiger partial charge in [-0.1, -0.05) is 0 Å². The van der Waals surface area contributed by atoms with Gasteiger partial charge >= 0.3 is 0 Å². The Kier molecular flexibility index (Phi) is 3.42. The Bertz CT molecular complexity index is 293. The molecule has 0 unspecified atom stereocenters. The van der Waals surface area contributed by atoms with E-state index in [1.165, 1.54) is 18.2 Å². The van der Waals surface area contributed by atoms with Crippen LogP contribution in [-0.2, 0) is 0 Å². The minimum atomic E-state index is -0.265. The molecule has 0 saturated heterocycles. The Morgan fingerprint density at radius 3 is 2.27 bits per heavy atom. The molecule has 0 amide bonds. The van der Waals surface area contributed by atoms with Crippen LogP contribution >= 0.6 is 17.0 Å². The van der Waals surface area contributed by atoms with E-state index in [1.807, 2.05) is 6.07 Å². The summed E-state index contributed by atoms with van der Waals surface area (Å²) in [5.41, 5.74) is 0.329. The maximum absolute atomic E-state index is 8.83. The van der Waals surface area contributed by atoms with E-state index < -0.39 is 0 Å². The van der Waals surface area contributed by atoms with Crippen molar-refractivity contribution in [2.75, 3.05) is 0 Å². The van der Waals surface area contributed by atoms with Crippen LogP contribution in [0.3, 0.4) is 0 Å². The molecule has 0 aliphatic heterocycles. The first-order valence-corrected chi connectivity index (χ1v) is 2.66. The van der Waals surface area contributed by atoms with Gasteiger partial charge in [0.05, 0.1) is 11.6 Å². The third-order valence-corrected chi connectivity index (χ3v) is 1.10. The van der Waals surface area contributed by atoms with Gasteiger partial charge in [0.25, 0.3) is 0 Å². The van der Waals surface area contributed by atoms with Gasteiger partial charge in [-0.15, -0.1) is 17.0 Å². The molecule has 0 heterocycles. The van der Waals surface area contributed by atoms with E-state index in [0.29, 0.717) is 5.56 Å². The first-order valence-electron chi connectivity index (χ1n) is 2.66. The van der Waals surface area contributed by atoms with Gasteiger partial charge in [0.2, 0.25) is 0 Å². The zero-order chi connectivity index (χ0) is 7.56. The molecule has 4 heteroatoms. The minimum absolute atomic E-state index is 0.